The van der Waals surface area contributed by atoms with Crippen LogP contribution in [0.5, 0.6) is 0 Å². The lowest BCUT2D eigenvalue weighted by atomic mass is 10.1. The highest BCUT2D eigenvalue weighted by Crippen LogP contribution is 2.36. The fourth-order valence-corrected chi connectivity index (χ4v) is 6.10. The van der Waals surface area contributed by atoms with Gasteiger partial charge in [0.2, 0.25) is 0 Å². The third-order valence-corrected chi connectivity index (χ3v) is 7.88. The molecule has 1 aromatic carbocycles. The number of aryl methyl sites for hydroxylation is 1. The third kappa shape index (κ3) is 11.2. The predicted molar refractivity (Wildman–Crippen MR) is 143 cm³/mol. The second-order valence-corrected chi connectivity index (χ2v) is 13.0. The number of rotatable bonds is 8. The zero-order valence-electron chi connectivity index (χ0n) is 21.5. The van der Waals surface area contributed by atoms with Crippen molar-refractivity contribution >= 4 is 32.1 Å². The van der Waals surface area contributed by atoms with Crippen LogP contribution in [0.1, 0.15) is 11.3 Å². The number of fused-ring (bicyclic) bond motifs is 1. The fraction of sp³-hybridized carbons (Fsp3) is 0.565. The van der Waals surface area contributed by atoms with Crippen molar-refractivity contribution in [3.8, 4) is 0 Å². The number of carbonyl (C=O) groups is 1. The van der Waals surface area contributed by atoms with Crippen LogP contribution in [0.15, 0.2) is 30.3 Å². The third-order valence-electron chi connectivity index (χ3n) is 6.35. The topological polar surface area (TPSA) is 178 Å². The Morgan fingerprint density at radius 3 is 1.79 bits per heavy atom. The lowest BCUT2D eigenvalue weighted by Gasteiger charge is -2.33. The van der Waals surface area contributed by atoms with E-state index in [-0.39, 0.29) is 32.7 Å². The maximum absolute atomic E-state index is 11.8. The van der Waals surface area contributed by atoms with Gasteiger partial charge in [-0.25, -0.2) is 0 Å². The number of aliphatic carboxylic acids is 1. The van der Waals surface area contributed by atoms with Gasteiger partial charge in [-0.1, -0.05) is 17.7 Å². The van der Waals surface area contributed by atoms with Crippen molar-refractivity contribution in [1.29, 1.82) is 0 Å². The number of benzene rings is 1. The van der Waals surface area contributed by atoms with Crippen LogP contribution in [-0.2, 0) is 20.5 Å². The first kappa shape index (κ1) is 30.8. The molecule has 15 heteroatoms. The number of aromatic nitrogens is 1. The Morgan fingerprint density at radius 2 is 1.29 bits per heavy atom. The summed E-state index contributed by atoms with van der Waals surface area (Å²) in [6.07, 6.45) is -0.890. The van der Waals surface area contributed by atoms with Crippen molar-refractivity contribution in [2.24, 2.45) is 0 Å². The fourth-order valence-electron chi connectivity index (χ4n) is 4.49. The van der Waals surface area contributed by atoms with Gasteiger partial charge in [0.05, 0.1) is 17.8 Å². The van der Waals surface area contributed by atoms with Gasteiger partial charge in [-0.05, 0) is 25.1 Å². The normalized spacial score (nSPS) is 18.8. The molecular formula is C23H37N5O8P2. The van der Waals surface area contributed by atoms with Crippen LogP contribution in [-0.4, -0.2) is 127 Å². The molecule has 1 aliphatic rings. The van der Waals surface area contributed by atoms with Crippen LogP contribution < -0.4 is 0 Å². The number of carboxylic acids is 1. The summed E-state index contributed by atoms with van der Waals surface area (Å²) in [5.74, 6) is -1.05. The van der Waals surface area contributed by atoms with E-state index in [9.17, 15) is 38.6 Å². The van der Waals surface area contributed by atoms with Gasteiger partial charge in [0.15, 0.2) is 0 Å². The number of hydrogen-bond donors (Lipinski definition) is 5. The van der Waals surface area contributed by atoms with E-state index >= 15 is 0 Å². The zero-order valence-corrected chi connectivity index (χ0v) is 23.3. The Hall–Kier alpha value is -1.76. The standard InChI is InChI=1S/C23H37N5O8P2/c1-19-2-5-22-20(14-19)3-4-21(24-22)15-25-6-10-27(17-37(31,32)33)12-8-26(16-23(29)30)9-13-28(11-7-25)18-38(34,35)36/h2-5,14H,6-13,15-18H2,1H3,(H,29,30)(H2,31,32,33)(H2,34,35,36). The largest absolute Gasteiger partial charge is 0.480 e. The minimum atomic E-state index is -4.35. The first-order chi connectivity index (χ1) is 17.8. The summed E-state index contributed by atoms with van der Waals surface area (Å²) < 4.78 is 23.5. The van der Waals surface area contributed by atoms with Crippen molar-refractivity contribution < 1.29 is 38.6 Å². The summed E-state index contributed by atoms with van der Waals surface area (Å²) in [5, 5.41) is 10.3. The molecule has 0 bridgehead atoms. The molecule has 2 heterocycles. The molecule has 1 aromatic heterocycles. The van der Waals surface area contributed by atoms with Gasteiger partial charge >= 0.3 is 21.2 Å². The predicted octanol–water partition coefficient (Wildman–Crippen LogP) is 0.620. The molecule has 1 aliphatic heterocycles. The summed E-state index contributed by atoms with van der Waals surface area (Å²) >= 11 is 0. The molecule has 0 saturated carbocycles. The second-order valence-electron chi connectivity index (χ2n) is 9.79. The quantitative estimate of drug-likeness (QED) is 0.278. The molecular weight excluding hydrogens is 536 g/mol. The molecule has 0 aliphatic carbocycles. The Balaban J connectivity index is 1.82. The van der Waals surface area contributed by atoms with Crippen molar-refractivity contribution in [1.82, 2.24) is 24.6 Å². The monoisotopic (exact) mass is 573 g/mol. The van der Waals surface area contributed by atoms with Gasteiger partial charge in [-0.15, -0.1) is 0 Å². The highest BCUT2D eigenvalue weighted by atomic mass is 31.2. The first-order valence-electron chi connectivity index (χ1n) is 12.3. The number of nitrogens with zero attached hydrogens (tertiary/aromatic N) is 5. The average Bonchev–Trinajstić information content (AvgIpc) is 2.78. The second kappa shape index (κ2) is 13.5. The van der Waals surface area contributed by atoms with Gasteiger partial charge in [0, 0.05) is 64.3 Å². The molecule has 1 fully saturated rings. The van der Waals surface area contributed by atoms with E-state index in [4.69, 9.17) is 4.98 Å². The SMILES string of the molecule is Cc1ccc2nc(CN3CCN(CP(=O)(O)O)CCN(CC(=O)O)CCN(CP(=O)(O)O)CC3)ccc2c1. The van der Waals surface area contributed by atoms with Crippen LogP contribution in [0, 0.1) is 6.92 Å². The number of pyridine rings is 1. The van der Waals surface area contributed by atoms with Gasteiger partial charge < -0.3 is 24.7 Å². The van der Waals surface area contributed by atoms with Crippen LogP contribution in [0.2, 0.25) is 0 Å². The molecule has 3 rings (SSSR count). The molecule has 13 nitrogen and oxygen atoms in total. The highest BCUT2D eigenvalue weighted by Gasteiger charge is 2.25. The van der Waals surface area contributed by atoms with Gasteiger partial charge in [-0.2, -0.15) is 0 Å². The van der Waals surface area contributed by atoms with E-state index in [1.165, 1.54) is 0 Å². The van der Waals surface area contributed by atoms with Crippen LogP contribution in [0.4, 0.5) is 0 Å². The van der Waals surface area contributed by atoms with E-state index in [0.717, 1.165) is 22.2 Å². The van der Waals surface area contributed by atoms with E-state index < -0.39 is 33.7 Å². The number of hydrogen-bond acceptors (Lipinski definition) is 8. The molecule has 212 valence electrons. The van der Waals surface area contributed by atoms with Gasteiger partial charge in [0.25, 0.3) is 0 Å². The number of carboxylic acid groups (broad SMARTS) is 1. The van der Waals surface area contributed by atoms with Crippen LogP contribution in [0.3, 0.4) is 0 Å². The summed E-state index contributed by atoms with van der Waals surface area (Å²) in [5.41, 5.74) is 2.80. The summed E-state index contributed by atoms with van der Waals surface area (Å²) in [7, 11) is -8.69. The molecule has 1 saturated heterocycles. The molecule has 0 atom stereocenters. The van der Waals surface area contributed by atoms with Crippen molar-refractivity contribution in [2.75, 3.05) is 71.5 Å². The average molecular weight is 574 g/mol. The minimum Gasteiger partial charge on any atom is -0.480 e. The highest BCUT2D eigenvalue weighted by molar-refractivity contribution is 7.51. The van der Waals surface area contributed by atoms with E-state index in [1.54, 1.807) is 14.7 Å². The maximum Gasteiger partial charge on any atom is 0.339 e. The molecule has 38 heavy (non-hydrogen) atoms. The van der Waals surface area contributed by atoms with Crippen molar-refractivity contribution in [3.63, 3.8) is 0 Å². The Morgan fingerprint density at radius 1 is 0.789 bits per heavy atom. The van der Waals surface area contributed by atoms with Crippen molar-refractivity contribution in [2.45, 2.75) is 13.5 Å². The van der Waals surface area contributed by atoms with Gasteiger partial charge in [-0.3, -0.25) is 38.5 Å². The Labute approximate surface area is 222 Å². The van der Waals surface area contributed by atoms with Crippen molar-refractivity contribution in [3.05, 3.63) is 41.6 Å². The summed E-state index contributed by atoms with van der Waals surface area (Å²) in [4.78, 5) is 61.4. The Bertz CT molecular complexity index is 1150. The Kier molecular flexibility index (Phi) is 11.0. The summed E-state index contributed by atoms with van der Waals surface area (Å²) in [6.45, 7) is 4.61. The smallest absolute Gasteiger partial charge is 0.339 e. The molecule has 2 aromatic rings. The van der Waals surface area contributed by atoms with E-state index in [1.807, 2.05) is 31.2 Å². The zero-order chi connectivity index (χ0) is 27.9. The summed E-state index contributed by atoms with van der Waals surface area (Å²) in [6, 6.07) is 9.93. The van der Waals surface area contributed by atoms with E-state index in [2.05, 4.69) is 11.0 Å². The first-order valence-corrected chi connectivity index (χ1v) is 15.9. The van der Waals surface area contributed by atoms with Gasteiger partial charge in [0.1, 0.15) is 12.6 Å². The molecule has 0 radical (unpaired) electrons. The molecule has 0 amide bonds. The van der Waals surface area contributed by atoms with E-state index in [0.29, 0.717) is 32.7 Å². The lowest BCUT2D eigenvalue weighted by Crippen LogP contribution is -2.47. The van der Waals surface area contributed by atoms with Crippen LogP contribution in [0.25, 0.3) is 10.9 Å². The lowest BCUT2D eigenvalue weighted by molar-refractivity contribution is -0.138. The minimum absolute atomic E-state index is 0.234. The molecule has 5 N–H and O–H groups in total. The van der Waals surface area contributed by atoms with Crippen LogP contribution >= 0.6 is 15.2 Å². The maximum atomic E-state index is 11.8. The molecule has 0 unspecified atom stereocenters. The molecule has 0 spiro atoms.